The van der Waals surface area contributed by atoms with Crippen molar-refractivity contribution in [3.63, 3.8) is 0 Å². The Bertz CT molecular complexity index is 757. The number of fused-ring (bicyclic) bond motifs is 1. The molecule has 2 N–H and O–H groups in total. The lowest BCUT2D eigenvalue weighted by molar-refractivity contribution is 0.376. The van der Waals surface area contributed by atoms with Gasteiger partial charge in [-0.05, 0) is 32.9 Å². The SMILES string of the molecule is CCn1c(C)c(-c2noc(CCCN)n2)c2ccccc21. The fraction of sp³-hybridized carbons (Fsp3) is 0.375. The van der Waals surface area contributed by atoms with E-state index < -0.39 is 0 Å². The first kappa shape index (κ1) is 13.8. The van der Waals surface area contributed by atoms with E-state index in [0.29, 0.717) is 18.3 Å². The molecule has 2 aromatic heterocycles. The number of para-hydroxylation sites is 1. The minimum Gasteiger partial charge on any atom is -0.344 e. The highest BCUT2D eigenvalue weighted by molar-refractivity contribution is 5.96. The van der Waals surface area contributed by atoms with Crippen LogP contribution in [0.2, 0.25) is 0 Å². The minimum absolute atomic E-state index is 0.631. The van der Waals surface area contributed by atoms with Crippen LogP contribution < -0.4 is 5.73 Å². The molecule has 0 saturated carbocycles. The van der Waals surface area contributed by atoms with Gasteiger partial charge in [-0.3, -0.25) is 0 Å². The summed E-state index contributed by atoms with van der Waals surface area (Å²) in [4.78, 5) is 4.53. The van der Waals surface area contributed by atoms with E-state index in [9.17, 15) is 0 Å². The van der Waals surface area contributed by atoms with Gasteiger partial charge in [0.1, 0.15) is 0 Å². The minimum atomic E-state index is 0.631. The van der Waals surface area contributed by atoms with E-state index >= 15 is 0 Å². The van der Waals surface area contributed by atoms with Crippen LogP contribution >= 0.6 is 0 Å². The lowest BCUT2D eigenvalue weighted by atomic mass is 10.1. The van der Waals surface area contributed by atoms with E-state index in [0.717, 1.165) is 24.9 Å². The van der Waals surface area contributed by atoms with Crippen LogP contribution in [0, 0.1) is 6.92 Å². The molecule has 5 nitrogen and oxygen atoms in total. The summed E-state index contributed by atoms with van der Waals surface area (Å²) in [6, 6.07) is 8.34. The second-order valence-corrected chi connectivity index (χ2v) is 5.13. The van der Waals surface area contributed by atoms with Crippen LogP contribution in [0.3, 0.4) is 0 Å². The maximum absolute atomic E-state index is 5.52. The number of aromatic nitrogens is 3. The predicted molar refractivity (Wildman–Crippen MR) is 83.0 cm³/mol. The summed E-state index contributed by atoms with van der Waals surface area (Å²) in [7, 11) is 0. The standard InChI is InChI=1S/C16H20N4O/c1-3-20-11(2)15(12-7-4-5-8-13(12)20)16-18-14(21-19-16)9-6-10-17/h4-5,7-8H,3,6,9-10,17H2,1-2H3. The predicted octanol–water partition coefficient (Wildman–Crippen LogP) is 2.91. The molecule has 0 saturated heterocycles. The van der Waals surface area contributed by atoms with E-state index in [1.165, 1.54) is 16.6 Å². The van der Waals surface area contributed by atoms with Gasteiger partial charge in [0.15, 0.2) is 0 Å². The molecular formula is C16H20N4O. The van der Waals surface area contributed by atoms with Crippen molar-refractivity contribution in [2.75, 3.05) is 6.54 Å². The third-order valence-corrected chi connectivity index (χ3v) is 3.83. The summed E-state index contributed by atoms with van der Waals surface area (Å²) in [5, 5.41) is 5.33. The number of hydrogen-bond acceptors (Lipinski definition) is 4. The molecule has 3 rings (SSSR count). The lowest BCUT2D eigenvalue weighted by Gasteiger charge is -2.03. The highest BCUT2D eigenvalue weighted by Gasteiger charge is 2.18. The van der Waals surface area contributed by atoms with E-state index in [1.54, 1.807) is 0 Å². The molecule has 110 valence electrons. The fourth-order valence-electron chi connectivity index (χ4n) is 2.83. The quantitative estimate of drug-likeness (QED) is 0.782. The zero-order valence-electron chi connectivity index (χ0n) is 12.5. The monoisotopic (exact) mass is 284 g/mol. The largest absolute Gasteiger partial charge is 0.344 e. The average molecular weight is 284 g/mol. The van der Waals surface area contributed by atoms with Crippen LogP contribution in [0.25, 0.3) is 22.3 Å². The molecular weight excluding hydrogens is 264 g/mol. The Morgan fingerprint density at radius 1 is 1.29 bits per heavy atom. The molecule has 1 aromatic carbocycles. The molecule has 0 unspecified atom stereocenters. The van der Waals surface area contributed by atoms with Gasteiger partial charge in [-0.2, -0.15) is 4.98 Å². The van der Waals surface area contributed by atoms with Gasteiger partial charge in [0, 0.05) is 29.6 Å². The number of benzene rings is 1. The molecule has 3 aromatic rings. The van der Waals surface area contributed by atoms with Crippen LogP contribution in [0.15, 0.2) is 28.8 Å². The number of nitrogens with zero attached hydrogens (tertiary/aromatic N) is 3. The van der Waals surface area contributed by atoms with Gasteiger partial charge in [-0.15, -0.1) is 0 Å². The smallest absolute Gasteiger partial charge is 0.227 e. The maximum atomic E-state index is 5.52. The van der Waals surface area contributed by atoms with Crippen LogP contribution in [0.4, 0.5) is 0 Å². The third kappa shape index (κ3) is 2.34. The molecule has 0 fully saturated rings. The van der Waals surface area contributed by atoms with Gasteiger partial charge in [0.05, 0.1) is 5.56 Å². The second kappa shape index (κ2) is 5.69. The Kier molecular flexibility index (Phi) is 3.75. The number of aryl methyl sites for hydroxylation is 2. The molecule has 21 heavy (non-hydrogen) atoms. The molecule has 0 aliphatic carbocycles. The van der Waals surface area contributed by atoms with Crippen molar-refractivity contribution in [3.05, 3.63) is 35.9 Å². The van der Waals surface area contributed by atoms with E-state index in [-0.39, 0.29) is 0 Å². The molecule has 0 aliphatic rings. The Morgan fingerprint density at radius 3 is 2.86 bits per heavy atom. The van der Waals surface area contributed by atoms with Gasteiger partial charge in [-0.25, -0.2) is 0 Å². The van der Waals surface area contributed by atoms with Gasteiger partial charge >= 0.3 is 0 Å². The summed E-state index contributed by atoms with van der Waals surface area (Å²) >= 11 is 0. The van der Waals surface area contributed by atoms with Crippen LogP contribution in [0.5, 0.6) is 0 Å². The molecule has 0 aliphatic heterocycles. The first-order valence-corrected chi connectivity index (χ1v) is 7.37. The highest BCUT2D eigenvalue weighted by Crippen LogP contribution is 2.32. The molecule has 0 radical (unpaired) electrons. The lowest BCUT2D eigenvalue weighted by Crippen LogP contribution is -2.00. The Labute approximate surface area is 123 Å². The molecule has 0 amide bonds. The summed E-state index contributed by atoms with van der Waals surface area (Å²) in [6.07, 6.45) is 1.59. The van der Waals surface area contributed by atoms with Gasteiger partial charge in [0.25, 0.3) is 0 Å². The van der Waals surface area contributed by atoms with Crippen molar-refractivity contribution in [2.24, 2.45) is 5.73 Å². The summed E-state index contributed by atoms with van der Waals surface area (Å²) < 4.78 is 7.62. The molecule has 0 atom stereocenters. The second-order valence-electron chi connectivity index (χ2n) is 5.13. The summed E-state index contributed by atoms with van der Waals surface area (Å²) in [5.74, 6) is 1.33. The molecule has 0 spiro atoms. The van der Waals surface area contributed by atoms with Crippen molar-refractivity contribution in [1.29, 1.82) is 0 Å². The van der Waals surface area contributed by atoms with E-state index in [2.05, 4.69) is 46.8 Å². The summed E-state index contributed by atoms with van der Waals surface area (Å²) in [6.45, 7) is 5.80. The maximum Gasteiger partial charge on any atom is 0.227 e. The number of nitrogens with two attached hydrogens (primary N) is 1. The third-order valence-electron chi connectivity index (χ3n) is 3.83. The van der Waals surface area contributed by atoms with Gasteiger partial charge < -0.3 is 14.8 Å². The topological polar surface area (TPSA) is 69.9 Å². The van der Waals surface area contributed by atoms with Crippen molar-refractivity contribution in [2.45, 2.75) is 33.2 Å². The Morgan fingerprint density at radius 2 is 2.10 bits per heavy atom. The zero-order chi connectivity index (χ0) is 14.8. The van der Waals surface area contributed by atoms with Gasteiger partial charge in [0.2, 0.25) is 11.7 Å². The van der Waals surface area contributed by atoms with Crippen molar-refractivity contribution >= 4 is 10.9 Å². The van der Waals surface area contributed by atoms with E-state index in [4.69, 9.17) is 10.3 Å². The molecule has 2 heterocycles. The van der Waals surface area contributed by atoms with Gasteiger partial charge in [-0.1, -0.05) is 23.4 Å². The van der Waals surface area contributed by atoms with E-state index in [1.807, 2.05) is 6.07 Å². The average Bonchev–Trinajstić information content (AvgIpc) is 3.06. The fourth-order valence-corrected chi connectivity index (χ4v) is 2.83. The summed E-state index contributed by atoms with van der Waals surface area (Å²) in [5.41, 5.74) is 8.97. The number of rotatable bonds is 5. The highest BCUT2D eigenvalue weighted by atomic mass is 16.5. The van der Waals surface area contributed by atoms with Crippen LogP contribution in [-0.4, -0.2) is 21.3 Å². The first-order chi connectivity index (χ1) is 10.3. The zero-order valence-corrected chi connectivity index (χ0v) is 12.5. The molecule has 0 bridgehead atoms. The normalized spacial score (nSPS) is 11.4. The number of hydrogen-bond donors (Lipinski definition) is 1. The Hall–Kier alpha value is -2.14. The van der Waals surface area contributed by atoms with Crippen LogP contribution in [-0.2, 0) is 13.0 Å². The van der Waals surface area contributed by atoms with Crippen molar-refractivity contribution < 1.29 is 4.52 Å². The molecule has 5 heteroatoms. The van der Waals surface area contributed by atoms with Crippen molar-refractivity contribution in [1.82, 2.24) is 14.7 Å². The Balaban J connectivity index is 2.11. The van der Waals surface area contributed by atoms with Crippen molar-refractivity contribution in [3.8, 4) is 11.4 Å². The first-order valence-electron chi connectivity index (χ1n) is 7.37. The van der Waals surface area contributed by atoms with Crippen LogP contribution in [0.1, 0.15) is 24.9 Å².